The molecule has 114 valence electrons. The Morgan fingerprint density at radius 2 is 2.10 bits per heavy atom. The Bertz CT molecular complexity index is 556. The van der Waals surface area contributed by atoms with Gasteiger partial charge in [0.2, 0.25) is 5.91 Å². The summed E-state index contributed by atoms with van der Waals surface area (Å²) in [6.07, 6.45) is 2.41. The Morgan fingerprint density at radius 1 is 1.43 bits per heavy atom. The van der Waals surface area contributed by atoms with Crippen molar-refractivity contribution in [3.8, 4) is 0 Å². The molecule has 1 aromatic carbocycles. The third kappa shape index (κ3) is 2.86. The van der Waals surface area contributed by atoms with E-state index in [0.29, 0.717) is 19.5 Å². The van der Waals surface area contributed by atoms with Crippen LogP contribution in [0.5, 0.6) is 0 Å². The summed E-state index contributed by atoms with van der Waals surface area (Å²) >= 11 is 0. The average molecular weight is 289 g/mol. The molecule has 0 aromatic heterocycles. The number of hydrogen-bond acceptors (Lipinski definition) is 3. The number of nitrogens with zero attached hydrogens (tertiary/aromatic N) is 2. The van der Waals surface area contributed by atoms with Gasteiger partial charge in [0.15, 0.2) is 5.84 Å². The molecule has 1 aromatic rings. The van der Waals surface area contributed by atoms with Crippen molar-refractivity contribution in [2.45, 2.75) is 39.7 Å². The van der Waals surface area contributed by atoms with Crippen molar-refractivity contribution in [3.63, 3.8) is 0 Å². The molecule has 1 aliphatic rings. The topological polar surface area (TPSA) is 78.9 Å². The number of amidine groups is 1. The number of rotatable bonds is 3. The highest BCUT2D eigenvalue weighted by atomic mass is 16.4. The lowest BCUT2D eigenvalue weighted by atomic mass is 9.84. The number of nitrogens with two attached hydrogens (primary N) is 1. The predicted molar refractivity (Wildman–Crippen MR) is 82.0 cm³/mol. The van der Waals surface area contributed by atoms with Gasteiger partial charge < -0.3 is 15.8 Å². The summed E-state index contributed by atoms with van der Waals surface area (Å²) in [6, 6.07) is 8.21. The van der Waals surface area contributed by atoms with E-state index in [2.05, 4.69) is 17.3 Å². The fraction of sp³-hybridized carbons (Fsp3) is 0.500. The molecule has 1 unspecified atom stereocenters. The van der Waals surface area contributed by atoms with Gasteiger partial charge in [-0.15, -0.1) is 0 Å². The van der Waals surface area contributed by atoms with E-state index >= 15 is 0 Å². The molecule has 1 aliphatic heterocycles. The zero-order valence-electron chi connectivity index (χ0n) is 12.7. The van der Waals surface area contributed by atoms with Crippen LogP contribution in [-0.2, 0) is 17.8 Å². The predicted octanol–water partition coefficient (Wildman–Crippen LogP) is 2.12. The Hall–Kier alpha value is -2.04. The van der Waals surface area contributed by atoms with Gasteiger partial charge in [0, 0.05) is 13.1 Å². The van der Waals surface area contributed by atoms with Crippen LogP contribution in [0.4, 0.5) is 0 Å². The van der Waals surface area contributed by atoms with Crippen LogP contribution in [0.15, 0.2) is 29.4 Å². The monoisotopic (exact) mass is 289 g/mol. The average Bonchev–Trinajstić information content (AvgIpc) is 2.74. The van der Waals surface area contributed by atoms with Crippen LogP contribution in [0, 0.1) is 5.41 Å². The first-order chi connectivity index (χ1) is 10.0. The summed E-state index contributed by atoms with van der Waals surface area (Å²) in [5.74, 6) is -0.0930. The molecule has 0 aliphatic carbocycles. The Balaban J connectivity index is 2.28. The second-order valence-corrected chi connectivity index (χ2v) is 5.77. The highest BCUT2D eigenvalue weighted by Gasteiger charge is 2.39. The molecule has 0 fully saturated rings. The highest BCUT2D eigenvalue weighted by Crippen LogP contribution is 2.28. The fourth-order valence-corrected chi connectivity index (χ4v) is 2.78. The number of oxime groups is 1. The molecular formula is C16H23N3O2. The van der Waals surface area contributed by atoms with Crippen molar-refractivity contribution in [2.24, 2.45) is 16.3 Å². The van der Waals surface area contributed by atoms with Crippen LogP contribution < -0.4 is 5.73 Å². The van der Waals surface area contributed by atoms with Gasteiger partial charge in [0.05, 0.1) is 0 Å². The molecule has 0 radical (unpaired) electrons. The third-order valence-electron chi connectivity index (χ3n) is 4.49. The summed E-state index contributed by atoms with van der Waals surface area (Å²) < 4.78 is 0. The van der Waals surface area contributed by atoms with E-state index in [9.17, 15) is 4.79 Å². The quantitative estimate of drug-likeness (QED) is 0.387. The van der Waals surface area contributed by atoms with Gasteiger partial charge >= 0.3 is 0 Å². The third-order valence-corrected chi connectivity index (χ3v) is 4.49. The second-order valence-electron chi connectivity index (χ2n) is 5.77. The van der Waals surface area contributed by atoms with Crippen LogP contribution in [0.1, 0.15) is 37.8 Å². The van der Waals surface area contributed by atoms with Gasteiger partial charge in [0.25, 0.3) is 0 Å². The first-order valence-electron chi connectivity index (χ1n) is 7.37. The summed E-state index contributed by atoms with van der Waals surface area (Å²) in [5, 5.41) is 12.0. The molecule has 0 bridgehead atoms. The van der Waals surface area contributed by atoms with Crippen molar-refractivity contribution in [2.75, 3.05) is 6.54 Å². The van der Waals surface area contributed by atoms with E-state index < -0.39 is 5.41 Å². The van der Waals surface area contributed by atoms with Gasteiger partial charge in [-0.25, -0.2) is 0 Å². The van der Waals surface area contributed by atoms with E-state index in [0.717, 1.165) is 12.8 Å². The van der Waals surface area contributed by atoms with Gasteiger partial charge in [-0.2, -0.15) is 0 Å². The van der Waals surface area contributed by atoms with Gasteiger partial charge in [-0.3, -0.25) is 4.79 Å². The molecule has 0 saturated carbocycles. The SMILES string of the molecule is CCC(C)(C(=O)N1CCCc2ccccc2C1)/C(N)=N/O. The minimum atomic E-state index is -0.950. The zero-order chi connectivity index (χ0) is 15.5. The van der Waals surface area contributed by atoms with Gasteiger partial charge in [-0.1, -0.05) is 36.3 Å². The summed E-state index contributed by atoms with van der Waals surface area (Å²) in [6.45, 7) is 4.90. The first-order valence-corrected chi connectivity index (χ1v) is 7.37. The van der Waals surface area contributed by atoms with Crippen LogP contribution in [0.25, 0.3) is 0 Å². The maximum atomic E-state index is 12.9. The number of carbonyl (C=O) groups is 1. The molecule has 5 heteroatoms. The summed E-state index contributed by atoms with van der Waals surface area (Å²) in [7, 11) is 0. The van der Waals surface area contributed by atoms with E-state index in [1.807, 2.05) is 24.0 Å². The molecule has 2 rings (SSSR count). The smallest absolute Gasteiger partial charge is 0.236 e. The highest BCUT2D eigenvalue weighted by molar-refractivity contribution is 6.06. The summed E-state index contributed by atoms with van der Waals surface area (Å²) in [4.78, 5) is 14.7. The summed E-state index contributed by atoms with van der Waals surface area (Å²) in [5.41, 5.74) is 7.29. The standard InChI is InChI=1S/C16H23N3O2/c1-3-16(2,14(17)18-21)15(20)19-10-6-9-12-7-4-5-8-13(12)11-19/h4-5,7-8,21H,3,6,9-11H2,1-2H3,(H2,17,18). The molecule has 3 N–H and O–H groups in total. The first kappa shape index (κ1) is 15.4. The number of benzene rings is 1. The van der Waals surface area contributed by atoms with Crippen LogP contribution in [0.2, 0.25) is 0 Å². The largest absolute Gasteiger partial charge is 0.409 e. The molecule has 0 saturated heterocycles. The second kappa shape index (κ2) is 6.16. The van der Waals surface area contributed by atoms with Crippen molar-refractivity contribution < 1.29 is 10.0 Å². The van der Waals surface area contributed by atoms with Crippen LogP contribution >= 0.6 is 0 Å². The molecule has 0 spiro atoms. The van der Waals surface area contributed by atoms with Crippen LogP contribution in [-0.4, -0.2) is 28.4 Å². The van der Waals surface area contributed by atoms with E-state index in [1.54, 1.807) is 6.92 Å². The van der Waals surface area contributed by atoms with Crippen LogP contribution in [0.3, 0.4) is 0 Å². The lowest BCUT2D eigenvalue weighted by Crippen LogP contribution is -2.49. The number of fused-ring (bicyclic) bond motifs is 1. The molecular weight excluding hydrogens is 266 g/mol. The maximum absolute atomic E-state index is 12.9. The zero-order valence-corrected chi connectivity index (χ0v) is 12.7. The van der Waals surface area contributed by atoms with E-state index in [1.165, 1.54) is 11.1 Å². The van der Waals surface area contributed by atoms with Gasteiger partial charge in [-0.05, 0) is 37.3 Å². The number of hydrogen-bond donors (Lipinski definition) is 2. The number of aryl methyl sites for hydroxylation is 1. The fourth-order valence-electron chi connectivity index (χ4n) is 2.78. The van der Waals surface area contributed by atoms with Gasteiger partial charge in [0.1, 0.15) is 5.41 Å². The minimum absolute atomic E-state index is 0.0208. The maximum Gasteiger partial charge on any atom is 0.236 e. The lowest BCUT2D eigenvalue weighted by Gasteiger charge is -2.32. The molecule has 1 amide bonds. The van der Waals surface area contributed by atoms with Crippen molar-refractivity contribution in [1.82, 2.24) is 4.90 Å². The Labute approximate surface area is 125 Å². The van der Waals surface area contributed by atoms with Crippen molar-refractivity contribution >= 4 is 11.7 Å². The number of amides is 1. The molecule has 5 nitrogen and oxygen atoms in total. The lowest BCUT2D eigenvalue weighted by molar-refractivity contribution is -0.138. The normalized spacial score (nSPS) is 18.6. The molecule has 21 heavy (non-hydrogen) atoms. The van der Waals surface area contributed by atoms with Crippen molar-refractivity contribution in [3.05, 3.63) is 35.4 Å². The van der Waals surface area contributed by atoms with E-state index in [4.69, 9.17) is 10.9 Å². The Kier molecular flexibility index (Phi) is 4.50. The van der Waals surface area contributed by atoms with Crippen molar-refractivity contribution in [1.29, 1.82) is 0 Å². The minimum Gasteiger partial charge on any atom is -0.409 e. The molecule has 1 atom stereocenters. The number of carbonyl (C=O) groups excluding carboxylic acids is 1. The Morgan fingerprint density at radius 3 is 2.71 bits per heavy atom. The molecule has 1 heterocycles. The van der Waals surface area contributed by atoms with E-state index in [-0.39, 0.29) is 11.7 Å².